The molecule has 1 aliphatic heterocycles. The Morgan fingerprint density at radius 1 is 0.905 bits per heavy atom. The normalized spacial score (nSPS) is 49.7. The van der Waals surface area contributed by atoms with Gasteiger partial charge in [0.2, 0.25) is 0 Å². The molecule has 0 aromatic rings. The van der Waals surface area contributed by atoms with Crippen LogP contribution in [0.5, 0.6) is 0 Å². The first kappa shape index (κ1) is 14.0. The lowest BCUT2D eigenvalue weighted by atomic mass is 9.40. The Balaban J connectivity index is 1.60. The van der Waals surface area contributed by atoms with Gasteiger partial charge < -0.3 is 9.80 Å². The van der Waals surface area contributed by atoms with Crippen molar-refractivity contribution < 1.29 is 0 Å². The Bertz CT molecular complexity index is 445. The molecule has 0 amide bonds. The van der Waals surface area contributed by atoms with Gasteiger partial charge in [-0.3, -0.25) is 5.41 Å². The summed E-state index contributed by atoms with van der Waals surface area (Å²) in [5.74, 6) is 1.90. The topological polar surface area (TPSA) is 30.3 Å². The van der Waals surface area contributed by atoms with Crippen LogP contribution >= 0.6 is 0 Å². The van der Waals surface area contributed by atoms with E-state index in [9.17, 15) is 0 Å². The zero-order chi connectivity index (χ0) is 14.9. The zero-order valence-electron chi connectivity index (χ0n) is 14.0. The van der Waals surface area contributed by atoms with Gasteiger partial charge in [0.1, 0.15) is 5.84 Å². The Labute approximate surface area is 129 Å². The van der Waals surface area contributed by atoms with Crippen molar-refractivity contribution >= 4 is 5.84 Å². The smallest absolute Gasteiger partial charge is 0.102 e. The molecular formula is C18H31N3. The Morgan fingerprint density at radius 2 is 1.48 bits per heavy atom. The SMILES string of the molecule is CN1CCN(C(=N)C23CC4CC(C)(CC(C)(C4)C2)C3)CC1. The van der Waals surface area contributed by atoms with Crippen LogP contribution in [-0.2, 0) is 0 Å². The molecule has 5 aliphatic rings. The van der Waals surface area contributed by atoms with Crippen LogP contribution < -0.4 is 0 Å². The molecule has 0 aromatic heterocycles. The van der Waals surface area contributed by atoms with Crippen LogP contribution in [0.3, 0.4) is 0 Å². The molecule has 5 fully saturated rings. The number of hydrogen-bond donors (Lipinski definition) is 1. The summed E-state index contributed by atoms with van der Waals surface area (Å²) in [5, 5.41) is 9.01. The van der Waals surface area contributed by atoms with E-state index in [1.54, 1.807) is 0 Å². The molecule has 1 heterocycles. The number of nitrogens with zero attached hydrogens (tertiary/aromatic N) is 2. The summed E-state index contributed by atoms with van der Waals surface area (Å²) >= 11 is 0. The fourth-order valence-electron chi connectivity index (χ4n) is 7.08. The number of rotatable bonds is 1. The summed E-state index contributed by atoms with van der Waals surface area (Å²) in [5.41, 5.74) is 1.26. The highest BCUT2D eigenvalue weighted by Gasteiger charge is 2.62. The van der Waals surface area contributed by atoms with Gasteiger partial charge in [-0.25, -0.2) is 0 Å². The highest BCUT2D eigenvalue weighted by Crippen LogP contribution is 2.69. The average Bonchev–Trinajstić information content (AvgIpc) is 2.34. The van der Waals surface area contributed by atoms with Crippen molar-refractivity contribution in [3.63, 3.8) is 0 Å². The lowest BCUT2D eigenvalue weighted by Crippen LogP contribution is -2.61. The summed E-state index contributed by atoms with van der Waals surface area (Å²) in [4.78, 5) is 4.81. The number of nitrogens with one attached hydrogen (secondary N) is 1. The molecule has 2 atom stereocenters. The van der Waals surface area contributed by atoms with Crippen molar-refractivity contribution in [1.29, 1.82) is 5.41 Å². The maximum atomic E-state index is 9.01. The number of hydrogen-bond acceptors (Lipinski definition) is 2. The van der Waals surface area contributed by atoms with Gasteiger partial charge in [-0.1, -0.05) is 13.8 Å². The van der Waals surface area contributed by atoms with Crippen LogP contribution in [-0.4, -0.2) is 48.9 Å². The molecule has 0 radical (unpaired) electrons. The third-order valence-corrected chi connectivity index (χ3v) is 6.95. The largest absolute Gasteiger partial charge is 0.358 e. The van der Waals surface area contributed by atoms with Crippen molar-refractivity contribution in [2.75, 3.05) is 33.2 Å². The average molecular weight is 289 g/mol. The second-order valence-electron chi connectivity index (χ2n) is 9.55. The first-order valence-corrected chi connectivity index (χ1v) is 8.84. The summed E-state index contributed by atoms with van der Waals surface area (Å²) < 4.78 is 0. The lowest BCUT2D eigenvalue weighted by molar-refractivity contribution is -0.120. The summed E-state index contributed by atoms with van der Waals surface area (Å²) in [7, 11) is 2.20. The Hall–Kier alpha value is -0.570. The van der Waals surface area contributed by atoms with E-state index in [4.69, 9.17) is 5.41 Å². The molecule has 118 valence electrons. The van der Waals surface area contributed by atoms with Crippen LogP contribution in [0.4, 0.5) is 0 Å². The molecule has 1 N–H and O–H groups in total. The number of piperazine rings is 1. The van der Waals surface area contributed by atoms with Gasteiger partial charge in [0.15, 0.2) is 0 Å². The monoisotopic (exact) mass is 289 g/mol. The van der Waals surface area contributed by atoms with E-state index in [0.717, 1.165) is 37.9 Å². The maximum Gasteiger partial charge on any atom is 0.102 e. The minimum Gasteiger partial charge on any atom is -0.358 e. The quantitative estimate of drug-likeness (QED) is 0.593. The number of likely N-dealkylation sites (N-methyl/N-ethyl adjacent to an activating group) is 1. The van der Waals surface area contributed by atoms with Crippen molar-refractivity contribution in [3.8, 4) is 0 Å². The first-order valence-electron chi connectivity index (χ1n) is 8.84. The predicted molar refractivity (Wildman–Crippen MR) is 86.6 cm³/mol. The molecule has 5 rings (SSSR count). The molecule has 3 heteroatoms. The second-order valence-corrected chi connectivity index (χ2v) is 9.55. The van der Waals surface area contributed by atoms with Crippen molar-refractivity contribution in [3.05, 3.63) is 0 Å². The van der Waals surface area contributed by atoms with Crippen LogP contribution in [0.1, 0.15) is 52.4 Å². The van der Waals surface area contributed by atoms with Gasteiger partial charge in [-0.15, -0.1) is 0 Å². The van der Waals surface area contributed by atoms with Crippen LogP contribution in [0.2, 0.25) is 0 Å². The number of amidine groups is 1. The minimum atomic E-state index is 0.221. The van der Waals surface area contributed by atoms with Gasteiger partial charge in [-0.05, 0) is 62.3 Å². The van der Waals surface area contributed by atoms with Crippen molar-refractivity contribution in [2.45, 2.75) is 52.4 Å². The Morgan fingerprint density at radius 3 is 2.00 bits per heavy atom. The molecule has 0 spiro atoms. The highest BCUT2D eigenvalue weighted by atomic mass is 15.3. The van der Waals surface area contributed by atoms with E-state index in [-0.39, 0.29) is 5.41 Å². The highest BCUT2D eigenvalue weighted by molar-refractivity contribution is 5.86. The van der Waals surface area contributed by atoms with E-state index < -0.39 is 0 Å². The van der Waals surface area contributed by atoms with Crippen LogP contribution in [0.15, 0.2) is 0 Å². The van der Waals surface area contributed by atoms with Crippen LogP contribution in [0.25, 0.3) is 0 Å². The van der Waals surface area contributed by atoms with Gasteiger partial charge >= 0.3 is 0 Å². The molecule has 2 unspecified atom stereocenters. The molecule has 21 heavy (non-hydrogen) atoms. The molecular weight excluding hydrogens is 258 g/mol. The van der Waals surface area contributed by atoms with Crippen molar-refractivity contribution in [2.24, 2.45) is 22.2 Å². The zero-order valence-corrected chi connectivity index (χ0v) is 14.0. The fourth-order valence-corrected chi connectivity index (χ4v) is 7.08. The Kier molecular flexibility index (Phi) is 2.84. The summed E-state index contributed by atoms with van der Waals surface area (Å²) in [6.45, 7) is 9.40. The molecule has 4 bridgehead atoms. The first-order chi connectivity index (χ1) is 9.82. The maximum absolute atomic E-state index is 9.01. The van der Waals surface area contributed by atoms with E-state index in [1.165, 1.54) is 38.5 Å². The molecule has 4 saturated carbocycles. The van der Waals surface area contributed by atoms with E-state index in [0.29, 0.717) is 10.8 Å². The third kappa shape index (κ3) is 2.15. The standard InChI is InChI=1S/C18H31N3/c1-16-8-14-9-17(2,11-16)13-18(10-14,12-16)15(19)21-6-4-20(3)5-7-21/h14,19H,4-13H2,1-3H3. The lowest BCUT2D eigenvalue weighted by Gasteiger charge is -2.66. The van der Waals surface area contributed by atoms with Gasteiger partial charge in [0, 0.05) is 31.6 Å². The van der Waals surface area contributed by atoms with Crippen LogP contribution in [0, 0.1) is 27.6 Å². The predicted octanol–water partition coefficient (Wildman–Crippen LogP) is 3.21. The van der Waals surface area contributed by atoms with Gasteiger partial charge in [0.05, 0.1) is 0 Å². The molecule has 1 saturated heterocycles. The fraction of sp³-hybridized carbons (Fsp3) is 0.944. The summed E-state index contributed by atoms with van der Waals surface area (Å²) in [6, 6.07) is 0. The molecule has 4 aliphatic carbocycles. The molecule has 3 nitrogen and oxygen atoms in total. The van der Waals surface area contributed by atoms with Crippen molar-refractivity contribution in [1.82, 2.24) is 9.80 Å². The van der Waals surface area contributed by atoms with E-state index >= 15 is 0 Å². The van der Waals surface area contributed by atoms with Gasteiger partial charge in [0.25, 0.3) is 0 Å². The van der Waals surface area contributed by atoms with Gasteiger partial charge in [-0.2, -0.15) is 0 Å². The van der Waals surface area contributed by atoms with E-state index in [1.807, 2.05) is 0 Å². The second kappa shape index (κ2) is 4.24. The summed E-state index contributed by atoms with van der Waals surface area (Å²) in [6.07, 6.45) is 8.16. The molecule has 0 aromatic carbocycles. The van der Waals surface area contributed by atoms with E-state index in [2.05, 4.69) is 30.7 Å². The third-order valence-electron chi connectivity index (χ3n) is 6.95. The minimum absolute atomic E-state index is 0.221.